The van der Waals surface area contributed by atoms with Crippen molar-refractivity contribution in [1.29, 1.82) is 0 Å². The summed E-state index contributed by atoms with van der Waals surface area (Å²) in [5.74, 6) is -0.108. The van der Waals surface area contributed by atoms with Crippen LogP contribution < -0.4 is 11.1 Å². The maximum absolute atomic E-state index is 11.7. The van der Waals surface area contributed by atoms with Gasteiger partial charge in [0.25, 0.3) is 5.91 Å². The fraction of sp³-hybridized carbons (Fsp3) is 0.417. The zero-order valence-corrected chi connectivity index (χ0v) is 9.50. The second kappa shape index (κ2) is 4.34. The Morgan fingerprint density at radius 2 is 1.93 bits per heavy atom. The highest BCUT2D eigenvalue weighted by Crippen LogP contribution is 2.13. The topological polar surface area (TPSA) is 55.1 Å². The standard InChI is InChI=1S/C12H18N2O/c1-12(2,3)8-14-11(15)9-6-4-5-7-10(9)13/h4-7H,8,13H2,1-3H3,(H,14,15). The van der Waals surface area contributed by atoms with E-state index >= 15 is 0 Å². The van der Waals surface area contributed by atoms with E-state index in [-0.39, 0.29) is 11.3 Å². The van der Waals surface area contributed by atoms with Crippen molar-refractivity contribution in [1.82, 2.24) is 5.32 Å². The molecule has 15 heavy (non-hydrogen) atoms. The van der Waals surface area contributed by atoms with Gasteiger partial charge in [-0.3, -0.25) is 4.79 Å². The van der Waals surface area contributed by atoms with Gasteiger partial charge in [0.05, 0.1) is 5.56 Å². The van der Waals surface area contributed by atoms with Gasteiger partial charge >= 0.3 is 0 Å². The van der Waals surface area contributed by atoms with Crippen molar-refractivity contribution in [2.45, 2.75) is 20.8 Å². The normalized spacial score (nSPS) is 11.1. The molecule has 3 heteroatoms. The molecule has 0 fully saturated rings. The lowest BCUT2D eigenvalue weighted by atomic mass is 9.97. The first-order valence-electron chi connectivity index (χ1n) is 5.03. The van der Waals surface area contributed by atoms with Crippen LogP contribution in [-0.4, -0.2) is 12.5 Å². The molecule has 0 saturated carbocycles. The molecule has 82 valence electrons. The van der Waals surface area contributed by atoms with Gasteiger partial charge in [0, 0.05) is 12.2 Å². The zero-order chi connectivity index (χ0) is 11.5. The third-order valence-corrected chi connectivity index (χ3v) is 1.98. The molecule has 0 aromatic heterocycles. The molecule has 0 aliphatic rings. The molecule has 1 rings (SSSR count). The molecule has 0 atom stereocenters. The number of carbonyl (C=O) groups is 1. The molecule has 3 N–H and O–H groups in total. The third kappa shape index (κ3) is 3.62. The zero-order valence-electron chi connectivity index (χ0n) is 9.50. The van der Waals surface area contributed by atoms with E-state index in [0.717, 1.165) is 0 Å². The summed E-state index contributed by atoms with van der Waals surface area (Å²) in [6, 6.07) is 7.08. The molecule has 0 saturated heterocycles. The summed E-state index contributed by atoms with van der Waals surface area (Å²) in [5.41, 5.74) is 6.84. The number of rotatable bonds is 2. The van der Waals surface area contributed by atoms with Crippen LogP contribution in [0.1, 0.15) is 31.1 Å². The summed E-state index contributed by atoms with van der Waals surface area (Å²) < 4.78 is 0. The molecular weight excluding hydrogens is 188 g/mol. The Hall–Kier alpha value is -1.51. The predicted octanol–water partition coefficient (Wildman–Crippen LogP) is 2.04. The first-order chi connectivity index (χ1) is 6.90. The number of para-hydroxylation sites is 1. The Labute approximate surface area is 90.7 Å². The number of nitrogens with one attached hydrogen (secondary N) is 1. The first-order valence-corrected chi connectivity index (χ1v) is 5.03. The average molecular weight is 206 g/mol. The summed E-state index contributed by atoms with van der Waals surface area (Å²) in [7, 11) is 0. The largest absolute Gasteiger partial charge is 0.398 e. The summed E-state index contributed by atoms with van der Waals surface area (Å²) >= 11 is 0. The van der Waals surface area contributed by atoms with Crippen LogP contribution in [-0.2, 0) is 0 Å². The Bertz CT molecular complexity index is 353. The Kier molecular flexibility index (Phi) is 3.35. The van der Waals surface area contributed by atoms with Gasteiger partial charge in [0.2, 0.25) is 0 Å². The van der Waals surface area contributed by atoms with Crippen LogP contribution in [0.25, 0.3) is 0 Å². The minimum Gasteiger partial charge on any atom is -0.398 e. The minimum atomic E-state index is -0.108. The van der Waals surface area contributed by atoms with Gasteiger partial charge in [0.1, 0.15) is 0 Å². The van der Waals surface area contributed by atoms with E-state index in [1.807, 2.05) is 12.1 Å². The number of hydrogen-bond donors (Lipinski definition) is 2. The van der Waals surface area contributed by atoms with E-state index in [1.165, 1.54) is 0 Å². The number of anilines is 1. The quantitative estimate of drug-likeness (QED) is 0.727. The van der Waals surface area contributed by atoms with Crippen LogP contribution in [0.4, 0.5) is 5.69 Å². The third-order valence-electron chi connectivity index (χ3n) is 1.98. The number of amides is 1. The highest BCUT2D eigenvalue weighted by atomic mass is 16.1. The van der Waals surface area contributed by atoms with E-state index in [2.05, 4.69) is 26.1 Å². The molecule has 0 unspecified atom stereocenters. The van der Waals surface area contributed by atoms with Crippen molar-refractivity contribution in [3.8, 4) is 0 Å². The summed E-state index contributed by atoms with van der Waals surface area (Å²) in [5, 5.41) is 2.86. The summed E-state index contributed by atoms with van der Waals surface area (Å²) in [4.78, 5) is 11.7. The molecule has 1 aromatic carbocycles. The predicted molar refractivity (Wildman–Crippen MR) is 62.6 cm³/mol. The molecule has 0 aliphatic heterocycles. The van der Waals surface area contributed by atoms with Crippen LogP contribution in [0.3, 0.4) is 0 Å². The van der Waals surface area contributed by atoms with Crippen molar-refractivity contribution in [3.63, 3.8) is 0 Å². The molecule has 0 bridgehead atoms. The van der Waals surface area contributed by atoms with Gasteiger partial charge in [-0.2, -0.15) is 0 Å². The lowest BCUT2D eigenvalue weighted by Crippen LogP contribution is -2.32. The molecule has 0 spiro atoms. The van der Waals surface area contributed by atoms with Crippen LogP contribution in [0.15, 0.2) is 24.3 Å². The number of nitrogen functional groups attached to an aromatic ring is 1. The van der Waals surface area contributed by atoms with Gasteiger partial charge in [-0.15, -0.1) is 0 Å². The Morgan fingerprint density at radius 1 is 1.33 bits per heavy atom. The van der Waals surface area contributed by atoms with Gasteiger partial charge in [-0.05, 0) is 17.5 Å². The molecule has 1 aromatic rings. The van der Waals surface area contributed by atoms with Crippen LogP contribution in [0.5, 0.6) is 0 Å². The van der Waals surface area contributed by atoms with Crippen molar-refractivity contribution >= 4 is 11.6 Å². The Balaban J connectivity index is 2.66. The van der Waals surface area contributed by atoms with E-state index < -0.39 is 0 Å². The van der Waals surface area contributed by atoms with Crippen molar-refractivity contribution in [2.75, 3.05) is 12.3 Å². The maximum Gasteiger partial charge on any atom is 0.253 e. The summed E-state index contributed by atoms with van der Waals surface area (Å²) in [6.07, 6.45) is 0. The molecular formula is C12H18N2O. The van der Waals surface area contributed by atoms with Crippen molar-refractivity contribution in [2.24, 2.45) is 5.41 Å². The van der Waals surface area contributed by atoms with E-state index in [9.17, 15) is 4.79 Å². The molecule has 1 amide bonds. The number of benzene rings is 1. The van der Waals surface area contributed by atoms with Crippen LogP contribution in [0.2, 0.25) is 0 Å². The van der Waals surface area contributed by atoms with E-state index in [1.54, 1.807) is 12.1 Å². The lowest BCUT2D eigenvalue weighted by Gasteiger charge is -2.18. The van der Waals surface area contributed by atoms with E-state index in [4.69, 9.17) is 5.73 Å². The SMILES string of the molecule is CC(C)(C)CNC(=O)c1ccccc1N. The van der Waals surface area contributed by atoms with Crippen molar-refractivity contribution in [3.05, 3.63) is 29.8 Å². The average Bonchev–Trinajstić information content (AvgIpc) is 2.14. The first kappa shape index (κ1) is 11.6. The monoisotopic (exact) mass is 206 g/mol. The summed E-state index contributed by atoms with van der Waals surface area (Å²) in [6.45, 7) is 6.85. The molecule has 3 nitrogen and oxygen atoms in total. The second-order valence-electron chi connectivity index (χ2n) is 4.83. The van der Waals surface area contributed by atoms with Crippen LogP contribution in [0, 0.1) is 5.41 Å². The van der Waals surface area contributed by atoms with Crippen molar-refractivity contribution < 1.29 is 4.79 Å². The van der Waals surface area contributed by atoms with Gasteiger partial charge < -0.3 is 11.1 Å². The minimum absolute atomic E-state index is 0.0825. The number of carbonyl (C=O) groups excluding carboxylic acids is 1. The molecule has 0 heterocycles. The van der Waals surface area contributed by atoms with E-state index in [0.29, 0.717) is 17.8 Å². The highest BCUT2D eigenvalue weighted by Gasteiger charge is 2.14. The van der Waals surface area contributed by atoms with Gasteiger partial charge in [-0.1, -0.05) is 32.9 Å². The molecule has 0 radical (unpaired) electrons. The number of hydrogen-bond acceptors (Lipinski definition) is 2. The highest BCUT2D eigenvalue weighted by molar-refractivity contribution is 5.99. The fourth-order valence-electron chi connectivity index (χ4n) is 1.14. The fourth-order valence-corrected chi connectivity index (χ4v) is 1.14. The lowest BCUT2D eigenvalue weighted by molar-refractivity contribution is 0.0940. The van der Waals surface area contributed by atoms with Crippen LogP contribution >= 0.6 is 0 Å². The van der Waals surface area contributed by atoms with Gasteiger partial charge in [-0.25, -0.2) is 0 Å². The molecule has 0 aliphatic carbocycles. The Morgan fingerprint density at radius 3 is 2.47 bits per heavy atom. The maximum atomic E-state index is 11.7. The smallest absolute Gasteiger partial charge is 0.253 e. The van der Waals surface area contributed by atoms with Gasteiger partial charge in [0.15, 0.2) is 0 Å². The number of nitrogens with two attached hydrogens (primary N) is 1. The second-order valence-corrected chi connectivity index (χ2v) is 4.83.